The predicted molar refractivity (Wildman–Crippen MR) is 124 cm³/mol. The molecule has 5 rings (SSSR count). The molecule has 2 aromatic rings. The third-order valence-corrected chi connectivity index (χ3v) is 7.29. The van der Waals surface area contributed by atoms with Gasteiger partial charge in [0.1, 0.15) is 18.5 Å². The van der Waals surface area contributed by atoms with E-state index in [1.165, 1.54) is 4.90 Å². The lowest BCUT2D eigenvalue weighted by Crippen LogP contribution is -2.66. The Morgan fingerprint density at radius 3 is 2.56 bits per heavy atom. The molecule has 1 N–H and O–H groups in total. The maximum Gasteiger partial charge on any atom is 0.328 e. The first-order chi connectivity index (χ1) is 15.4. The van der Waals surface area contributed by atoms with Crippen LogP contribution < -0.4 is 10.2 Å². The number of aryl methyl sites for hydroxylation is 1. The maximum atomic E-state index is 13.6. The molecule has 3 atom stereocenters. The summed E-state index contributed by atoms with van der Waals surface area (Å²) in [5, 5.41) is 4.28. The van der Waals surface area contributed by atoms with Gasteiger partial charge in [-0.2, -0.15) is 0 Å². The van der Waals surface area contributed by atoms with E-state index in [1.807, 2.05) is 50.2 Å². The number of hydrogen-bond donors (Lipinski definition) is 1. The number of nitrogens with one attached hydrogen (secondary N) is 1. The molecule has 0 radical (unpaired) electrons. The fraction of sp³-hybridized carbons (Fsp3) is 0.417. The van der Waals surface area contributed by atoms with Gasteiger partial charge in [-0.15, -0.1) is 0 Å². The van der Waals surface area contributed by atoms with Crippen LogP contribution in [0.2, 0.25) is 5.02 Å². The molecule has 0 aromatic heterocycles. The largest absolute Gasteiger partial charge is 0.343 e. The van der Waals surface area contributed by atoms with Crippen molar-refractivity contribution >= 4 is 29.2 Å². The molecule has 8 heteroatoms. The summed E-state index contributed by atoms with van der Waals surface area (Å²) >= 11 is 6.39. The van der Waals surface area contributed by atoms with Crippen molar-refractivity contribution in [1.29, 1.82) is 0 Å². The molecular formula is C24H28ClN5O2. The summed E-state index contributed by atoms with van der Waals surface area (Å²) < 4.78 is 0. The zero-order chi connectivity index (χ0) is 22.6. The number of benzene rings is 2. The second-order valence-corrected chi connectivity index (χ2v) is 9.31. The van der Waals surface area contributed by atoms with Gasteiger partial charge in [0.2, 0.25) is 0 Å². The van der Waals surface area contributed by atoms with E-state index >= 15 is 0 Å². The van der Waals surface area contributed by atoms with E-state index in [0.29, 0.717) is 0 Å². The third kappa shape index (κ3) is 3.36. The first-order valence-corrected chi connectivity index (χ1v) is 11.4. The van der Waals surface area contributed by atoms with Crippen molar-refractivity contribution in [2.24, 2.45) is 0 Å². The molecule has 0 aliphatic carbocycles. The smallest absolute Gasteiger partial charge is 0.328 e. The van der Waals surface area contributed by atoms with Crippen LogP contribution in [0, 0.1) is 13.8 Å². The predicted octanol–water partition coefficient (Wildman–Crippen LogP) is 3.14. The number of fused-ring (bicyclic) bond motifs is 3. The second kappa shape index (κ2) is 8.06. The molecule has 3 unspecified atom stereocenters. The molecule has 2 aromatic carbocycles. The number of carbonyl (C=O) groups excluding carboxylic acids is 2. The number of likely N-dealkylation sites (N-methyl/N-ethyl adjacent to an activating group) is 1. The highest BCUT2D eigenvalue weighted by atomic mass is 35.5. The zero-order valence-corrected chi connectivity index (χ0v) is 19.3. The molecule has 3 heterocycles. The van der Waals surface area contributed by atoms with Crippen molar-refractivity contribution in [3.63, 3.8) is 0 Å². The highest BCUT2D eigenvalue weighted by Gasteiger charge is 2.56. The average Bonchev–Trinajstić information content (AvgIpc) is 3.18. The Hall–Kier alpha value is -2.61. The lowest BCUT2D eigenvalue weighted by atomic mass is 10.1. The normalized spacial score (nSPS) is 25.9. The number of urea groups is 1. The van der Waals surface area contributed by atoms with Gasteiger partial charge in [-0.1, -0.05) is 47.5 Å². The summed E-state index contributed by atoms with van der Waals surface area (Å²) in [6.07, 6.45) is 0.389. The number of rotatable bonds is 3. The summed E-state index contributed by atoms with van der Waals surface area (Å²) in [6.45, 7) is 5.96. The number of imide groups is 1. The number of nitrogens with zero attached hydrogens (tertiary/aromatic N) is 4. The quantitative estimate of drug-likeness (QED) is 0.773. The van der Waals surface area contributed by atoms with Crippen LogP contribution in [0.15, 0.2) is 42.5 Å². The van der Waals surface area contributed by atoms with E-state index in [4.69, 9.17) is 11.6 Å². The maximum absolute atomic E-state index is 13.6. The molecule has 168 valence electrons. The van der Waals surface area contributed by atoms with Crippen LogP contribution in [0.3, 0.4) is 0 Å². The Morgan fingerprint density at radius 1 is 1.06 bits per heavy atom. The van der Waals surface area contributed by atoms with E-state index in [2.05, 4.69) is 21.2 Å². The Labute approximate surface area is 193 Å². The highest BCUT2D eigenvalue weighted by molar-refractivity contribution is 6.31. The van der Waals surface area contributed by atoms with Gasteiger partial charge < -0.3 is 9.80 Å². The fourth-order valence-electron chi connectivity index (χ4n) is 5.09. The van der Waals surface area contributed by atoms with Crippen LogP contribution in [0.5, 0.6) is 0 Å². The number of anilines is 1. The Morgan fingerprint density at radius 2 is 1.81 bits per heavy atom. The molecule has 3 aliphatic rings. The van der Waals surface area contributed by atoms with Gasteiger partial charge in [-0.25, -0.2) is 4.79 Å². The van der Waals surface area contributed by atoms with Gasteiger partial charge in [-0.3, -0.25) is 19.9 Å². The van der Waals surface area contributed by atoms with E-state index in [0.717, 1.165) is 46.9 Å². The van der Waals surface area contributed by atoms with Crippen molar-refractivity contribution in [3.05, 3.63) is 64.2 Å². The van der Waals surface area contributed by atoms with Crippen LogP contribution >= 0.6 is 11.6 Å². The van der Waals surface area contributed by atoms with Gasteiger partial charge in [0.15, 0.2) is 0 Å². The van der Waals surface area contributed by atoms with Crippen molar-refractivity contribution in [1.82, 2.24) is 20.0 Å². The minimum Gasteiger partial charge on any atom is -0.343 e. The third-order valence-electron chi connectivity index (χ3n) is 6.88. The summed E-state index contributed by atoms with van der Waals surface area (Å²) in [7, 11) is 1.77. The lowest BCUT2D eigenvalue weighted by molar-refractivity contribution is -0.139. The van der Waals surface area contributed by atoms with Crippen LogP contribution in [0.4, 0.5) is 10.5 Å². The number of hydrogen-bond acceptors (Lipinski definition) is 5. The molecule has 0 saturated carbocycles. The molecule has 3 saturated heterocycles. The molecule has 3 aliphatic heterocycles. The lowest BCUT2D eigenvalue weighted by Gasteiger charge is -2.44. The standard InChI is InChI=1S/C24H28ClN5O2/c1-15-8-10-17(11-9-15)14-30-22(31)20-21(27(3)24(30)32)26-23-28(12-5-13-29(20)23)19-7-4-6-18(25)16(19)2/h4,6-11,20-21,23,26H,5,12-14H2,1-3H3. The van der Waals surface area contributed by atoms with E-state index in [-0.39, 0.29) is 30.9 Å². The molecule has 32 heavy (non-hydrogen) atoms. The zero-order valence-electron chi connectivity index (χ0n) is 18.6. The van der Waals surface area contributed by atoms with Gasteiger partial charge >= 0.3 is 6.03 Å². The summed E-state index contributed by atoms with van der Waals surface area (Å²) in [4.78, 5) is 34.3. The van der Waals surface area contributed by atoms with Crippen molar-refractivity contribution in [2.75, 3.05) is 25.0 Å². The average molecular weight is 454 g/mol. The molecule has 0 spiro atoms. The monoisotopic (exact) mass is 453 g/mol. The molecule has 3 fully saturated rings. The van der Waals surface area contributed by atoms with Gasteiger partial charge in [0, 0.05) is 30.8 Å². The van der Waals surface area contributed by atoms with Gasteiger partial charge in [-0.05, 0) is 43.5 Å². The van der Waals surface area contributed by atoms with Crippen LogP contribution in [-0.4, -0.2) is 65.3 Å². The number of halogens is 1. The SMILES string of the molecule is Cc1ccc(CN2C(=O)C3C(NC4N(c5cccc(Cl)c5C)CCCN34)N(C)C2=O)cc1. The number of carbonyl (C=O) groups is 2. The fourth-order valence-corrected chi connectivity index (χ4v) is 5.26. The second-order valence-electron chi connectivity index (χ2n) is 8.90. The molecule has 7 nitrogen and oxygen atoms in total. The molecular weight excluding hydrogens is 426 g/mol. The van der Waals surface area contributed by atoms with E-state index in [1.54, 1.807) is 11.9 Å². The summed E-state index contributed by atoms with van der Waals surface area (Å²) in [5.74, 6) is -0.140. The van der Waals surface area contributed by atoms with Crippen LogP contribution in [0.25, 0.3) is 0 Å². The Bertz CT molecular complexity index is 1060. The molecule has 0 bridgehead atoms. The highest BCUT2D eigenvalue weighted by Crippen LogP contribution is 2.36. The van der Waals surface area contributed by atoms with Crippen molar-refractivity contribution in [2.45, 2.75) is 45.3 Å². The molecule has 3 amide bonds. The van der Waals surface area contributed by atoms with E-state index in [9.17, 15) is 9.59 Å². The van der Waals surface area contributed by atoms with Crippen LogP contribution in [0.1, 0.15) is 23.1 Å². The Balaban J connectivity index is 1.45. The summed E-state index contributed by atoms with van der Waals surface area (Å²) in [5.41, 5.74) is 4.16. The minimum absolute atomic E-state index is 0.140. The minimum atomic E-state index is -0.421. The first kappa shape index (κ1) is 21.2. The number of amides is 3. The van der Waals surface area contributed by atoms with Crippen LogP contribution in [-0.2, 0) is 11.3 Å². The summed E-state index contributed by atoms with van der Waals surface area (Å²) in [6, 6.07) is 13.2. The van der Waals surface area contributed by atoms with Gasteiger partial charge in [0.25, 0.3) is 5.91 Å². The van der Waals surface area contributed by atoms with Crippen molar-refractivity contribution < 1.29 is 9.59 Å². The first-order valence-electron chi connectivity index (χ1n) is 11.0. The Kier molecular flexibility index (Phi) is 5.35. The van der Waals surface area contributed by atoms with E-state index < -0.39 is 6.04 Å². The van der Waals surface area contributed by atoms with Gasteiger partial charge in [0.05, 0.1) is 6.54 Å². The van der Waals surface area contributed by atoms with Crippen molar-refractivity contribution in [3.8, 4) is 0 Å². The topological polar surface area (TPSA) is 59.1 Å².